The second-order valence-electron chi connectivity index (χ2n) is 6.19. The first-order valence-electron chi connectivity index (χ1n) is 8.69. The van der Waals surface area contributed by atoms with Gasteiger partial charge in [-0.25, -0.2) is 9.97 Å². The summed E-state index contributed by atoms with van der Waals surface area (Å²) in [6.45, 7) is 1.73. The molecule has 0 aliphatic carbocycles. The maximum absolute atomic E-state index is 12.2. The summed E-state index contributed by atoms with van der Waals surface area (Å²) >= 11 is 0. The molecule has 0 bridgehead atoms. The molecule has 1 N–H and O–H groups in total. The van der Waals surface area contributed by atoms with Gasteiger partial charge in [0.1, 0.15) is 5.75 Å². The number of nitrogens with zero attached hydrogens (tertiary/aromatic N) is 3. The number of hydrogen-bond acceptors (Lipinski definition) is 5. The highest BCUT2D eigenvalue weighted by molar-refractivity contribution is 5.76. The van der Waals surface area contributed by atoms with Gasteiger partial charge in [-0.1, -0.05) is 18.2 Å². The van der Waals surface area contributed by atoms with Gasteiger partial charge in [-0.2, -0.15) is 0 Å². The number of amides is 1. The van der Waals surface area contributed by atoms with Crippen molar-refractivity contribution in [3.05, 3.63) is 48.3 Å². The third-order valence-corrected chi connectivity index (χ3v) is 4.51. The molecule has 0 unspecified atom stereocenters. The van der Waals surface area contributed by atoms with Gasteiger partial charge in [-0.05, 0) is 37.0 Å². The molecule has 3 rings (SSSR count). The number of ether oxygens (including phenoxy) is 1. The monoisotopic (exact) mass is 340 g/mol. The van der Waals surface area contributed by atoms with Crippen LogP contribution in [0.2, 0.25) is 0 Å². The summed E-state index contributed by atoms with van der Waals surface area (Å²) in [6.07, 6.45) is 6.51. The number of para-hydroxylation sites is 1. The van der Waals surface area contributed by atoms with Crippen molar-refractivity contribution in [2.24, 2.45) is 0 Å². The topological polar surface area (TPSA) is 67.3 Å². The van der Waals surface area contributed by atoms with Crippen LogP contribution in [-0.2, 0) is 11.2 Å². The van der Waals surface area contributed by atoms with E-state index >= 15 is 0 Å². The van der Waals surface area contributed by atoms with E-state index in [1.54, 1.807) is 19.5 Å². The SMILES string of the molecule is COc1ccccc1CCC(=O)NC1CCN(c2ncccn2)CC1. The van der Waals surface area contributed by atoms with Crippen molar-refractivity contribution in [2.45, 2.75) is 31.7 Å². The quantitative estimate of drug-likeness (QED) is 0.873. The molecule has 0 radical (unpaired) electrons. The highest BCUT2D eigenvalue weighted by atomic mass is 16.5. The fourth-order valence-electron chi connectivity index (χ4n) is 3.14. The zero-order valence-corrected chi connectivity index (χ0v) is 14.5. The largest absolute Gasteiger partial charge is 0.496 e. The molecule has 0 saturated carbocycles. The Kier molecular flexibility index (Phi) is 5.82. The van der Waals surface area contributed by atoms with Crippen LogP contribution in [-0.4, -0.2) is 42.1 Å². The van der Waals surface area contributed by atoms with E-state index in [4.69, 9.17) is 4.74 Å². The summed E-state index contributed by atoms with van der Waals surface area (Å²) in [5.74, 6) is 1.70. The van der Waals surface area contributed by atoms with Crippen LogP contribution >= 0.6 is 0 Å². The van der Waals surface area contributed by atoms with Gasteiger partial charge in [0.05, 0.1) is 7.11 Å². The van der Waals surface area contributed by atoms with Gasteiger partial charge >= 0.3 is 0 Å². The van der Waals surface area contributed by atoms with Gasteiger partial charge in [-0.15, -0.1) is 0 Å². The number of hydrogen-bond donors (Lipinski definition) is 1. The molecule has 1 aromatic heterocycles. The predicted molar refractivity (Wildman–Crippen MR) is 96.7 cm³/mol. The van der Waals surface area contributed by atoms with Gasteiger partial charge < -0.3 is 15.0 Å². The highest BCUT2D eigenvalue weighted by Gasteiger charge is 2.22. The number of carbonyl (C=O) groups is 1. The summed E-state index contributed by atoms with van der Waals surface area (Å²) in [5, 5.41) is 3.15. The van der Waals surface area contributed by atoms with E-state index in [2.05, 4.69) is 20.2 Å². The molecule has 1 aliphatic rings. The van der Waals surface area contributed by atoms with Crippen molar-refractivity contribution >= 4 is 11.9 Å². The van der Waals surface area contributed by atoms with Gasteiger partial charge in [-0.3, -0.25) is 4.79 Å². The maximum atomic E-state index is 12.2. The summed E-state index contributed by atoms with van der Waals surface area (Å²) in [6, 6.07) is 9.88. The molecule has 1 amide bonds. The molecule has 0 spiro atoms. The molecular formula is C19H24N4O2. The Hall–Kier alpha value is -2.63. The molecule has 6 nitrogen and oxygen atoms in total. The molecular weight excluding hydrogens is 316 g/mol. The Balaban J connectivity index is 1.43. The zero-order chi connectivity index (χ0) is 17.5. The van der Waals surface area contributed by atoms with Crippen LogP contribution in [0.3, 0.4) is 0 Å². The lowest BCUT2D eigenvalue weighted by Gasteiger charge is -2.32. The maximum Gasteiger partial charge on any atom is 0.225 e. The van der Waals surface area contributed by atoms with Crippen LogP contribution in [0, 0.1) is 0 Å². The number of benzene rings is 1. The van der Waals surface area contributed by atoms with E-state index in [0.29, 0.717) is 12.8 Å². The second kappa shape index (κ2) is 8.46. The van der Waals surface area contributed by atoms with Crippen LogP contribution in [0.15, 0.2) is 42.7 Å². The molecule has 1 saturated heterocycles. The van der Waals surface area contributed by atoms with Crippen molar-refractivity contribution < 1.29 is 9.53 Å². The van der Waals surface area contributed by atoms with Crippen LogP contribution < -0.4 is 15.0 Å². The van der Waals surface area contributed by atoms with Crippen molar-refractivity contribution in [3.8, 4) is 5.75 Å². The fourth-order valence-corrected chi connectivity index (χ4v) is 3.14. The van der Waals surface area contributed by atoms with Gasteiger partial charge in [0, 0.05) is 37.9 Å². The predicted octanol–water partition coefficient (Wildman–Crippen LogP) is 2.20. The van der Waals surface area contributed by atoms with E-state index in [1.165, 1.54) is 0 Å². The number of aromatic nitrogens is 2. The molecule has 6 heteroatoms. The Labute approximate surface area is 148 Å². The molecule has 2 aromatic rings. The number of nitrogens with one attached hydrogen (secondary N) is 1. The summed E-state index contributed by atoms with van der Waals surface area (Å²) in [7, 11) is 1.66. The number of rotatable bonds is 6. The third kappa shape index (κ3) is 4.68. The van der Waals surface area contributed by atoms with Crippen molar-refractivity contribution in [3.63, 3.8) is 0 Å². The lowest BCUT2D eigenvalue weighted by Crippen LogP contribution is -2.45. The molecule has 132 valence electrons. The number of methoxy groups -OCH3 is 1. The first-order chi connectivity index (χ1) is 12.3. The molecule has 1 aromatic carbocycles. The number of piperidine rings is 1. The zero-order valence-electron chi connectivity index (χ0n) is 14.5. The average Bonchev–Trinajstić information content (AvgIpc) is 2.68. The Bertz CT molecular complexity index is 685. The lowest BCUT2D eigenvalue weighted by atomic mass is 10.0. The standard InChI is InChI=1S/C19H24N4O2/c1-25-17-6-3-2-5-15(17)7-8-18(24)22-16-9-13-23(14-10-16)19-20-11-4-12-21-19/h2-6,11-12,16H,7-10,13-14H2,1H3,(H,22,24). The number of anilines is 1. The van der Waals surface area contributed by atoms with Crippen LogP contribution in [0.5, 0.6) is 5.75 Å². The smallest absolute Gasteiger partial charge is 0.225 e. The van der Waals surface area contributed by atoms with Gasteiger partial charge in [0.25, 0.3) is 0 Å². The fraction of sp³-hybridized carbons (Fsp3) is 0.421. The van der Waals surface area contributed by atoms with E-state index in [-0.39, 0.29) is 11.9 Å². The van der Waals surface area contributed by atoms with Crippen molar-refractivity contribution in [2.75, 3.05) is 25.1 Å². The minimum absolute atomic E-state index is 0.0975. The Morgan fingerprint density at radius 2 is 1.92 bits per heavy atom. The van der Waals surface area contributed by atoms with Crippen LogP contribution in [0.1, 0.15) is 24.8 Å². The second-order valence-corrected chi connectivity index (χ2v) is 6.19. The molecule has 1 aliphatic heterocycles. The van der Waals surface area contributed by atoms with E-state index in [0.717, 1.165) is 43.2 Å². The lowest BCUT2D eigenvalue weighted by molar-refractivity contribution is -0.121. The average molecular weight is 340 g/mol. The summed E-state index contributed by atoms with van der Waals surface area (Å²) in [4.78, 5) is 23.0. The Morgan fingerprint density at radius 3 is 2.64 bits per heavy atom. The van der Waals surface area contributed by atoms with Crippen molar-refractivity contribution in [1.82, 2.24) is 15.3 Å². The number of carbonyl (C=O) groups excluding carboxylic acids is 1. The van der Waals surface area contributed by atoms with Crippen LogP contribution in [0.25, 0.3) is 0 Å². The normalized spacial score (nSPS) is 15.0. The third-order valence-electron chi connectivity index (χ3n) is 4.51. The molecule has 1 fully saturated rings. The van der Waals surface area contributed by atoms with E-state index < -0.39 is 0 Å². The Morgan fingerprint density at radius 1 is 1.20 bits per heavy atom. The van der Waals surface area contributed by atoms with Gasteiger partial charge in [0.15, 0.2) is 0 Å². The van der Waals surface area contributed by atoms with E-state index in [1.807, 2.05) is 30.3 Å². The van der Waals surface area contributed by atoms with E-state index in [9.17, 15) is 4.79 Å². The first-order valence-corrected chi connectivity index (χ1v) is 8.69. The summed E-state index contributed by atoms with van der Waals surface area (Å²) in [5.41, 5.74) is 1.07. The van der Waals surface area contributed by atoms with Crippen molar-refractivity contribution in [1.29, 1.82) is 0 Å². The van der Waals surface area contributed by atoms with Crippen LogP contribution in [0.4, 0.5) is 5.95 Å². The number of aryl methyl sites for hydroxylation is 1. The molecule has 2 heterocycles. The summed E-state index contributed by atoms with van der Waals surface area (Å²) < 4.78 is 5.33. The molecule has 0 atom stereocenters. The minimum Gasteiger partial charge on any atom is -0.496 e. The highest BCUT2D eigenvalue weighted by Crippen LogP contribution is 2.19. The van der Waals surface area contributed by atoms with Gasteiger partial charge in [0.2, 0.25) is 11.9 Å². The minimum atomic E-state index is 0.0975. The molecule has 25 heavy (non-hydrogen) atoms. The first kappa shape index (κ1) is 17.2.